The molecule has 1 aliphatic rings. The SMILES string of the molecule is Cn1ncnc1NC(=O)C1(N)CCC1. The van der Waals surface area contributed by atoms with Gasteiger partial charge >= 0.3 is 0 Å². The number of rotatable bonds is 2. The van der Waals surface area contributed by atoms with Crippen molar-refractivity contribution in [3.8, 4) is 0 Å². The van der Waals surface area contributed by atoms with Crippen LogP contribution in [-0.4, -0.2) is 26.2 Å². The number of aromatic nitrogens is 3. The average molecular weight is 195 g/mol. The predicted molar refractivity (Wildman–Crippen MR) is 50.4 cm³/mol. The van der Waals surface area contributed by atoms with Crippen molar-refractivity contribution in [2.45, 2.75) is 24.8 Å². The van der Waals surface area contributed by atoms with Gasteiger partial charge in [-0.15, -0.1) is 0 Å². The van der Waals surface area contributed by atoms with Gasteiger partial charge in [-0.05, 0) is 19.3 Å². The van der Waals surface area contributed by atoms with Gasteiger partial charge < -0.3 is 5.73 Å². The molecule has 6 nitrogen and oxygen atoms in total. The summed E-state index contributed by atoms with van der Waals surface area (Å²) >= 11 is 0. The van der Waals surface area contributed by atoms with Crippen molar-refractivity contribution >= 4 is 11.9 Å². The van der Waals surface area contributed by atoms with Crippen LogP contribution < -0.4 is 11.1 Å². The largest absolute Gasteiger partial charge is 0.317 e. The maximum atomic E-state index is 11.6. The van der Waals surface area contributed by atoms with E-state index in [2.05, 4.69) is 15.4 Å². The molecule has 1 aromatic rings. The van der Waals surface area contributed by atoms with Gasteiger partial charge in [-0.3, -0.25) is 10.1 Å². The molecule has 1 aliphatic carbocycles. The molecule has 0 aliphatic heterocycles. The highest BCUT2D eigenvalue weighted by Crippen LogP contribution is 2.29. The van der Waals surface area contributed by atoms with Crippen molar-refractivity contribution in [1.82, 2.24) is 14.8 Å². The van der Waals surface area contributed by atoms with Crippen LogP contribution in [-0.2, 0) is 11.8 Å². The Hall–Kier alpha value is -1.43. The second kappa shape index (κ2) is 3.06. The first-order valence-corrected chi connectivity index (χ1v) is 4.56. The molecule has 1 aromatic heterocycles. The fraction of sp³-hybridized carbons (Fsp3) is 0.625. The first kappa shape index (κ1) is 9.14. The summed E-state index contributed by atoms with van der Waals surface area (Å²) in [5, 5.41) is 6.50. The summed E-state index contributed by atoms with van der Waals surface area (Å²) in [4.78, 5) is 15.5. The lowest BCUT2D eigenvalue weighted by Gasteiger charge is -2.35. The van der Waals surface area contributed by atoms with Gasteiger partial charge in [0.25, 0.3) is 0 Å². The highest BCUT2D eigenvalue weighted by molar-refractivity contribution is 5.97. The second-order valence-electron chi connectivity index (χ2n) is 3.67. The van der Waals surface area contributed by atoms with Crippen LogP contribution in [0.2, 0.25) is 0 Å². The number of amides is 1. The van der Waals surface area contributed by atoms with Crippen molar-refractivity contribution < 1.29 is 4.79 Å². The third kappa shape index (κ3) is 1.37. The van der Waals surface area contributed by atoms with E-state index in [0.29, 0.717) is 5.95 Å². The van der Waals surface area contributed by atoms with Crippen LogP contribution in [0, 0.1) is 0 Å². The summed E-state index contributed by atoms with van der Waals surface area (Å²) in [6, 6.07) is 0. The fourth-order valence-corrected chi connectivity index (χ4v) is 1.42. The van der Waals surface area contributed by atoms with Crippen molar-refractivity contribution in [3.05, 3.63) is 6.33 Å². The van der Waals surface area contributed by atoms with Gasteiger partial charge in [0.05, 0.1) is 5.54 Å². The number of anilines is 1. The van der Waals surface area contributed by atoms with Crippen LogP contribution >= 0.6 is 0 Å². The van der Waals surface area contributed by atoms with E-state index < -0.39 is 5.54 Å². The Balaban J connectivity index is 2.05. The Morgan fingerprint density at radius 3 is 2.86 bits per heavy atom. The number of carbonyl (C=O) groups excluding carboxylic acids is 1. The van der Waals surface area contributed by atoms with Gasteiger partial charge in [0.1, 0.15) is 6.33 Å². The molecule has 1 amide bonds. The molecule has 0 atom stereocenters. The number of hydrogen-bond acceptors (Lipinski definition) is 4. The summed E-state index contributed by atoms with van der Waals surface area (Å²) in [5.74, 6) is 0.270. The zero-order valence-electron chi connectivity index (χ0n) is 8.03. The van der Waals surface area contributed by atoms with Crippen molar-refractivity contribution in [1.29, 1.82) is 0 Å². The summed E-state index contributed by atoms with van der Waals surface area (Å²) < 4.78 is 1.50. The number of carbonyl (C=O) groups is 1. The van der Waals surface area contributed by atoms with Crippen LogP contribution in [0.4, 0.5) is 5.95 Å². The Kier molecular flexibility index (Phi) is 1.99. The lowest BCUT2D eigenvalue weighted by Crippen LogP contribution is -2.56. The van der Waals surface area contributed by atoms with Gasteiger partial charge in [-0.1, -0.05) is 0 Å². The molecule has 0 saturated heterocycles. The van der Waals surface area contributed by atoms with Crippen molar-refractivity contribution in [2.24, 2.45) is 12.8 Å². The molecule has 3 N–H and O–H groups in total. The third-order valence-corrected chi connectivity index (χ3v) is 2.63. The first-order chi connectivity index (χ1) is 6.62. The number of aryl methyl sites for hydroxylation is 1. The van der Waals surface area contributed by atoms with Gasteiger partial charge in [0.15, 0.2) is 0 Å². The Labute approximate surface area is 81.5 Å². The molecule has 0 unspecified atom stereocenters. The monoisotopic (exact) mass is 195 g/mol. The molecular formula is C8H13N5O. The van der Waals surface area contributed by atoms with Crippen molar-refractivity contribution in [3.63, 3.8) is 0 Å². The maximum absolute atomic E-state index is 11.6. The van der Waals surface area contributed by atoms with Gasteiger partial charge in [-0.2, -0.15) is 10.1 Å². The van der Waals surface area contributed by atoms with E-state index in [1.807, 2.05) is 0 Å². The minimum Gasteiger partial charge on any atom is -0.317 e. The highest BCUT2D eigenvalue weighted by atomic mass is 16.2. The molecule has 1 heterocycles. The standard InChI is InChI=1S/C8H13N5O/c1-13-7(10-5-11-13)12-6(14)8(9)3-2-4-8/h5H,2-4,9H2,1H3,(H,10,11,12,14). The summed E-state index contributed by atoms with van der Waals surface area (Å²) in [7, 11) is 1.71. The molecule has 0 spiro atoms. The second-order valence-corrected chi connectivity index (χ2v) is 3.67. The summed E-state index contributed by atoms with van der Waals surface area (Å²) in [6.45, 7) is 0. The normalized spacial score (nSPS) is 18.7. The average Bonchev–Trinajstić information content (AvgIpc) is 2.48. The number of nitrogens with zero attached hydrogens (tertiary/aromatic N) is 3. The topological polar surface area (TPSA) is 85.8 Å². The molecule has 14 heavy (non-hydrogen) atoms. The van der Waals surface area contributed by atoms with E-state index in [-0.39, 0.29) is 5.91 Å². The van der Waals surface area contributed by atoms with E-state index >= 15 is 0 Å². The lowest BCUT2D eigenvalue weighted by atomic mass is 9.77. The first-order valence-electron chi connectivity index (χ1n) is 4.56. The van der Waals surface area contributed by atoms with Crippen LogP contribution in [0.5, 0.6) is 0 Å². The smallest absolute Gasteiger partial charge is 0.246 e. The Bertz CT molecular complexity index is 354. The quantitative estimate of drug-likeness (QED) is 0.674. The molecular weight excluding hydrogens is 182 g/mol. The molecule has 1 saturated carbocycles. The van der Waals surface area contributed by atoms with E-state index in [1.165, 1.54) is 11.0 Å². The Morgan fingerprint density at radius 2 is 2.43 bits per heavy atom. The van der Waals surface area contributed by atoms with Gasteiger partial charge in [-0.25, -0.2) is 4.68 Å². The molecule has 6 heteroatoms. The Morgan fingerprint density at radius 1 is 1.71 bits per heavy atom. The minimum absolute atomic E-state index is 0.167. The highest BCUT2D eigenvalue weighted by Gasteiger charge is 2.40. The zero-order valence-corrected chi connectivity index (χ0v) is 8.03. The van der Waals surface area contributed by atoms with Crippen LogP contribution in [0.15, 0.2) is 6.33 Å². The summed E-state index contributed by atoms with van der Waals surface area (Å²) in [6.07, 6.45) is 3.90. The van der Waals surface area contributed by atoms with Crippen molar-refractivity contribution in [2.75, 3.05) is 5.32 Å². The van der Waals surface area contributed by atoms with E-state index in [9.17, 15) is 4.79 Å². The van der Waals surface area contributed by atoms with E-state index in [0.717, 1.165) is 19.3 Å². The third-order valence-electron chi connectivity index (χ3n) is 2.63. The number of nitrogens with one attached hydrogen (secondary N) is 1. The molecule has 76 valence electrons. The molecule has 0 aromatic carbocycles. The number of hydrogen-bond donors (Lipinski definition) is 2. The van der Waals surface area contributed by atoms with E-state index in [4.69, 9.17) is 5.73 Å². The van der Waals surface area contributed by atoms with Gasteiger partial charge in [0.2, 0.25) is 11.9 Å². The molecule has 1 fully saturated rings. The zero-order chi connectivity index (χ0) is 10.2. The van der Waals surface area contributed by atoms with Crippen LogP contribution in [0.25, 0.3) is 0 Å². The van der Waals surface area contributed by atoms with Crippen LogP contribution in [0.3, 0.4) is 0 Å². The molecule has 2 rings (SSSR count). The molecule has 0 bridgehead atoms. The summed E-state index contributed by atoms with van der Waals surface area (Å²) in [5.41, 5.74) is 5.15. The lowest BCUT2D eigenvalue weighted by molar-refractivity contribution is -0.123. The molecule has 0 radical (unpaired) electrons. The van der Waals surface area contributed by atoms with E-state index in [1.54, 1.807) is 7.05 Å². The number of nitrogens with two attached hydrogens (primary N) is 1. The van der Waals surface area contributed by atoms with Gasteiger partial charge in [0, 0.05) is 7.05 Å². The fourth-order valence-electron chi connectivity index (χ4n) is 1.42. The predicted octanol–water partition coefficient (Wildman–Crippen LogP) is -0.365. The van der Waals surface area contributed by atoms with Crippen LogP contribution in [0.1, 0.15) is 19.3 Å². The minimum atomic E-state index is -0.689. The maximum Gasteiger partial charge on any atom is 0.246 e.